The van der Waals surface area contributed by atoms with E-state index < -0.39 is 11.7 Å². The molecule has 0 saturated heterocycles. The van der Waals surface area contributed by atoms with Crippen LogP contribution in [0.2, 0.25) is 0 Å². The molecule has 28 heavy (non-hydrogen) atoms. The van der Waals surface area contributed by atoms with Crippen molar-refractivity contribution in [3.63, 3.8) is 0 Å². The molecule has 0 radical (unpaired) electrons. The minimum Gasteiger partial charge on any atom is -0.443 e. The molecular weight excluding hydrogens is 356 g/mol. The second kappa shape index (κ2) is 11.4. The molecule has 0 aliphatic carbocycles. The van der Waals surface area contributed by atoms with Crippen molar-refractivity contribution in [2.45, 2.75) is 46.0 Å². The Labute approximate surface area is 167 Å². The fraction of sp³-hybridized carbons (Fsp3) is 0.409. The summed E-state index contributed by atoms with van der Waals surface area (Å²) in [4.78, 5) is 17.8. The van der Waals surface area contributed by atoms with Gasteiger partial charge in [-0.2, -0.15) is 0 Å². The Kier molecular flexibility index (Phi) is 8.94. The minimum atomic E-state index is -0.575. The summed E-state index contributed by atoms with van der Waals surface area (Å²) >= 11 is 0. The van der Waals surface area contributed by atoms with E-state index in [-0.39, 0.29) is 0 Å². The smallest absolute Gasteiger partial charge is 0.424 e. The molecule has 0 spiro atoms. The summed E-state index contributed by atoms with van der Waals surface area (Å²) in [5.74, 6) is 0. The van der Waals surface area contributed by atoms with Gasteiger partial charge in [-0.15, -0.1) is 0 Å². The number of amides is 1. The maximum atomic E-state index is 12.1. The number of hydroxylamine groups is 1. The molecule has 0 fully saturated rings. The lowest BCUT2D eigenvalue weighted by Gasteiger charge is -2.25. The third kappa shape index (κ3) is 9.50. The lowest BCUT2D eigenvalue weighted by atomic mass is 10.2. The Morgan fingerprint density at radius 2 is 1.50 bits per heavy atom. The molecule has 0 aliphatic rings. The van der Waals surface area contributed by atoms with Gasteiger partial charge >= 0.3 is 6.09 Å². The number of hydrogen-bond donors (Lipinski definition) is 1. The van der Waals surface area contributed by atoms with Crippen molar-refractivity contribution in [3.05, 3.63) is 71.8 Å². The third-order valence-corrected chi connectivity index (χ3v) is 3.61. The van der Waals surface area contributed by atoms with Gasteiger partial charge in [-0.05, 0) is 38.3 Å². The first-order chi connectivity index (χ1) is 13.4. The first-order valence-corrected chi connectivity index (χ1v) is 9.48. The maximum absolute atomic E-state index is 12.1. The van der Waals surface area contributed by atoms with Gasteiger partial charge < -0.3 is 9.47 Å². The van der Waals surface area contributed by atoms with Crippen molar-refractivity contribution in [2.24, 2.45) is 0 Å². The largest absolute Gasteiger partial charge is 0.443 e. The fourth-order valence-electron chi connectivity index (χ4n) is 2.36. The van der Waals surface area contributed by atoms with Gasteiger partial charge in [-0.3, -0.25) is 4.84 Å². The van der Waals surface area contributed by atoms with Crippen molar-refractivity contribution in [1.29, 1.82) is 0 Å². The maximum Gasteiger partial charge on any atom is 0.424 e. The highest BCUT2D eigenvalue weighted by atomic mass is 16.7. The van der Waals surface area contributed by atoms with Crippen molar-refractivity contribution >= 4 is 6.09 Å². The summed E-state index contributed by atoms with van der Waals surface area (Å²) < 4.78 is 11.0. The third-order valence-electron chi connectivity index (χ3n) is 3.61. The number of ether oxygens (including phenoxy) is 2. The van der Waals surface area contributed by atoms with Crippen LogP contribution in [0.25, 0.3) is 0 Å². The van der Waals surface area contributed by atoms with Crippen LogP contribution in [0.3, 0.4) is 0 Å². The van der Waals surface area contributed by atoms with Crippen molar-refractivity contribution < 1.29 is 19.1 Å². The Hall–Kier alpha value is -2.41. The number of carbonyl (C=O) groups is 1. The molecule has 2 aromatic rings. The Bertz CT molecular complexity index is 687. The monoisotopic (exact) mass is 386 g/mol. The molecule has 1 N–H and O–H groups in total. The molecule has 2 aromatic carbocycles. The molecule has 0 aromatic heterocycles. The first-order valence-electron chi connectivity index (χ1n) is 9.48. The van der Waals surface area contributed by atoms with Gasteiger partial charge in [0.25, 0.3) is 0 Å². The zero-order chi connectivity index (χ0) is 20.2. The summed E-state index contributed by atoms with van der Waals surface area (Å²) in [6, 6.07) is 19.8. The summed E-state index contributed by atoms with van der Waals surface area (Å²) in [6.07, 6.45) is 0.142. The molecule has 1 amide bonds. The highest BCUT2D eigenvalue weighted by molar-refractivity contribution is 5.66. The molecule has 0 bridgehead atoms. The summed E-state index contributed by atoms with van der Waals surface area (Å²) in [6.45, 7) is 7.39. The average molecular weight is 386 g/mol. The van der Waals surface area contributed by atoms with E-state index in [1.807, 2.05) is 81.4 Å². The molecule has 6 nitrogen and oxygen atoms in total. The molecule has 6 heteroatoms. The van der Waals surface area contributed by atoms with E-state index in [1.54, 1.807) is 0 Å². The van der Waals surface area contributed by atoms with Crippen LogP contribution in [0, 0.1) is 0 Å². The lowest BCUT2D eigenvalue weighted by Crippen LogP contribution is -2.45. The highest BCUT2D eigenvalue weighted by Gasteiger charge is 2.18. The van der Waals surface area contributed by atoms with Crippen LogP contribution in [0.5, 0.6) is 0 Å². The normalized spacial score (nSPS) is 11.4. The molecule has 0 unspecified atom stereocenters. The Morgan fingerprint density at radius 1 is 0.929 bits per heavy atom. The average Bonchev–Trinajstić information content (AvgIpc) is 2.66. The van der Waals surface area contributed by atoms with Gasteiger partial charge in [-0.1, -0.05) is 65.8 Å². The van der Waals surface area contributed by atoms with Crippen molar-refractivity contribution in [1.82, 2.24) is 10.6 Å². The van der Waals surface area contributed by atoms with Crippen LogP contribution < -0.4 is 5.43 Å². The molecule has 152 valence electrons. The zero-order valence-electron chi connectivity index (χ0n) is 16.9. The summed E-state index contributed by atoms with van der Waals surface area (Å²) in [5, 5.41) is 1.41. The molecule has 0 atom stereocenters. The van der Waals surface area contributed by atoms with Crippen LogP contribution in [-0.4, -0.2) is 30.0 Å². The van der Waals surface area contributed by atoms with Gasteiger partial charge in [0, 0.05) is 13.2 Å². The Balaban J connectivity index is 1.78. The van der Waals surface area contributed by atoms with Crippen LogP contribution in [0.1, 0.15) is 38.3 Å². The second-order valence-corrected chi connectivity index (χ2v) is 7.37. The van der Waals surface area contributed by atoms with E-state index in [4.69, 9.17) is 14.3 Å². The van der Waals surface area contributed by atoms with E-state index in [1.165, 1.54) is 5.17 Å². The van der Waals surface area contributed by atoms with E-state index in [9.17, 15) is 4.79 Å². The van der Waals surface area contributed by atoms with Gasteiger partial charge in [-0.25, -0.2) is 10.2 Å². The first kappa shape index (κ1) is 21.9. The van der Waals surface area contributed by atoms with E-state index in [2.05, 4.69) is 5.43 Å². The topological polar surface area (TPSA) is 60.0 Å². The predicted octanol–water partition coefficient (Wildman–Crippen LogP) is 4.47. The zero-order valence-corrected chi connectivity index (χ0v) is 16.9. The van der Waals surface area contributed by atoms with Gasteiger partial charge in [0.05, 0.1) is 13.2 Å². The van der Waals surface area contributed by atoms with Crippen molar-refractivity contribution in [2.75, 3.05) is 13.2 Å². The summed E-state index contributed by atoms with van der Waals surface area (Å²) in [5.41, 5.74) is 4.22. The number of benzene rings is 2. The quantitative estimate of drug-likeness (QED) is 0.482. The van der Waals surface area contributed by atoms with Gasteiger partial charge in [0.2, 0.25) is 0 Å². The van der Waals surface area contributed by atoms with Gasteiger partial charge in [0.15, 0.2) is 0 Å². The summed E-state index contributed by atoms with van der Waals surface area (Å²) in [7, 11) is 0. The number of hydrazine groups is 1. The molecule has 0 heterocycles. The molecule has 2 rings (SSSR count). The molecule has 0 saturated carbocycles. The Morgan fingerprint density at radius 3 is 2.07 bits per heavy atom. The SMILES string of the molecule is CC(C)(C)OC(=O)NN(CCCOCc1ccccc1)OCc1ccccc1. The van der Waals surface area contributed by atoms with E-state index >= 15 is 0 Å². The van der Waals surface area contributed by atoms with E-state index in [0.717, 1.165) is 11.1 Å². The van der Waals surface area contributed by atoms with Crippen LogP contribution in [-0.2, 0) is 27.5 Å². The molecule has 0 aliphatic heterocycles. The number of nitrogens with zero attached hydrogens (tertiary/aromatic N) is 1. The minimum absolute atomic E-state index is 0.349. The number of nitrogens with one attached hydrogen (secondary N) is 1. The fourth-order valence-corrected chi connectivity index (χ4v) is 2.36. The predicted molar refractivity (Wildman–Crippen MR) is 108 cm³/mol. The van der Waals surface area contributed by atoms with Crippen LogP contribution in [0.4, 0.5) is 4.79 Å². The van der Waals surface area contributed by atoms with Gasteiger partial charge in [0.1, 0.15) is 5.60 Å². The lowest BCUT2D eigenvalue weighted by molar-refractivity contribution is -0.202. The molecular formula is C22H30N2O4. The number of hydrogen-bond acceptors (Lipinski definition) is 5. The van der Waals surface area contributed by atoms with E-state index in [0.29, 0.717) is 32.8 Å². The highest BCUT2D eigenvalue weighted by Crippen LogP contribution is 2.08. The van der Waals surface area contributed by atoms with Crippen LogP contribution >= 0.6 is 0 Å². The standard InChI is InChI=1S/C22H30N2O4/c1-22(2,3)28-21(25)23-24(27-18-20-13-8-5-9-14-20)15-10-16-26-17-19-11-6-4-7-12-19/h4-9,11-14H,10,15-18H2,1-3H3,(H,23,25). The number of carbonyl (C=O) groups excluding carboxylic acids is 1. The van der Waals surface area contributed by atoms with Crippen LogP contribution in [0.15, 0.2) is 60.7 Å². The second-order valence-electron chi connectivity index (χ2n) is 7.37. The van der Waals surface area contributed by atoms with Crippen molar-refractivity contribution in [3.8, 4) is 0 Å². The number of rotatable bonds is 10.